The van der Waals surface area contributed by atoms with Gasteiger partial charge in [0.05, 0.1) is 29.6 Å². The number of aromatic nitrogens is 3. The van der Waals surface area contributed by atoms with Crippen LogP contribution in [0.3, 0.4) is 0 Å². The van der Waals surface area contributed by atoms with Gasteiger partial charge < -0.3 is 31.1 Å². The van der Waals surface area contributed by atoms with E-state index >= 15 is 0 Å². The summed E-state index contributed by atoms with van der Waals surface area (Å²) in [6.45, 7) is 1.01. The van der Waals surface area contributed by atoms with E-state index in [1.165, 1.54) is 0 Å². The Kier molecular flexibility index (Phi) is 12.9. The van der Waals surface area contributed by atoms with E-state index in [0.29, 0.717) is 49.1 Å². The molecule has 0 atom stereocenters. The molecular weight excluding hydrogens is 750 g/mol. The minimum atomic E-state index is -5.08. The van der Waals surface area contributed by atoms with Crippen LogP contribution in [0.2, 0.25) is 5.02 Å². The number of urea groups is 1. The van der Waals surface area contributed by atoms with E-state index in [1.807, 2.05) is 60.8 Å². The molecule has 0 radical (unpaired) electrons. The van der Waals surface area contributed by atoms with Crippen LogP contribution in [-0.2, 0) is 27.8 Å². The summed E-state index contributed by atoms with van der Waals surface area (Å²) in [6, 6.07) is 20.0. The lowest BCUT2D eigenvalue weighted by atomic mass is 9.74. The molecule has 2 aliphatic heterocycles. The first kappa shape index (κ1) is 40.6. The van der Waals surface area contributed by atoms with Crippen LogP contribution in [0, 0.1) is 11.3 Å². The fourth-order valence-corrected chi connectivity index (χ4v) is 5.40. The van der Waals surface area contributed by atoms with E-state index in [4.69, 9.17) is 31.4 Å². The molecule has 0 aliphatic carbocycles. The van der Waals surface area contributed by atoms with Gasteiger partial charge >= 0.3 is 30.3 Å². The lowest BCUT2D eigenvalue weighted by molar-refractivity contribution is -0.193. The van der Waals surface area contributed by atoms with Gasteiger partial charge in [-0.1, -0.05) is 41.9 Å². The van der Waals surface area contributed by atoms with E-state index in [9.17, 15) is 36.4 Å². The summed E-state index contributed by atoms with van der Waals surface area (Å²) in [5.74, 6) is -4.64. The maximum atomic E-state index is 13.4. The molecule has 6 bridgehead atoms. The number of pyridine rings is 1. The van der Waals surface area contributed by atoms with Crippen molar-refractivity contribution < 1.29 is 50.9 Å². The summed E-state index contributed by atoms with van der Waals surface area (Å²) >= 11 is 6.38. The predicted molar refractivity (Wildman–Crippen MR) is 183 cm³/mol. The van der Waals surface area contributed by atoms with Crippen LogP contribution < -0.4 is 16.0 Å². The van der Waals surface area contributed by atoms with Crippen molar-refractivity contribution in [3.05, 3.63) is 94.9 Å². The van der Waals surface area contributed by atoms with Gasteiger partial charge in [-0.3, -0.25) is 4.98 Å². The third kappa shape index (κ3) is 10.9. The van der Waals surface area contributed by atoms with Gasteiger partial charge in [-0.25, -0.2) is 19.4 Å². The number of piperidine rings is 1. The zero-order valence-electron chi connectivity index (χ0n) is 27.7. The van der Waals surface area contributed by atoms with Crippen molar-refractivity contribution >= 4 is 58.4 Å². The number of anilines is 5. The number of rotatable bonds is 2. The van der Waals surface area contributed by atoms with Gasteiger partial charge in [0.1, 0.15) is 5.02 Å². The van der Waals surface area contributed by atoms with Crippen molar-refractivity contribution in [1.82, 2.24) is 19.9 Å². The number of carboxylic acids is 2. The van der Waals surface area contributed by atoms with Crippen molar-refractivity contribution in [2.75, 3.05) is 29.0 Å². The molecule has 1 fully saturated rings. The highest BCUT2D eigenvalue weighted by atomic mass is 35.5. The van der Waals surface area contributed by atoms with Crippen LogP contribution in [0.4, 0.5) is 60.0 Å². The van der Waals surface area contributed by atoms with E-state index < -0.39 is 29.7 Å². The van der Waals surface area contributed by atoms with Crippen LogP contribution in [0.1, 0.15) is 29.5 Å². The Hall–Kier alpha value is -6.16. The first-order valence-electron chi connectivity index (χ1n) is 15.7. The molecule has 5 N–H and O–H groups in total. The summed E-state index contributed by atoms with van der Waals surface area (Å²) in [7, 11) is 0. The van der Waals surface area contributed by atoms with E-state index in [1.54, 1.807) is 17.3 Å². The van der Waals surface area contributed by atoms with Crippen molar-refractivity contribution in [2.45, 2.75) is 43.5 Å². The summed E-state index contributed by atoms with van der Waals surface area (Å²) in [4.78, 5) is 46.1. The molecule has 1 saturated heterocycles. The number of hydrogen-bond acceptors (Lipinski definition) is 9. The fraction of sp³-hybridized carbons (Fsp3) is 0.265. The average Bonchev–Trinajstić information content (AvgIpc) is 3.13. The Morgan fingerprint density at radius 3 is 2.09 bits per heavy atom. The van der Waals surface area contributed by atoms with E-state index in [0.717, 1.165) is 40.2 Å². The Balaban J connectivity index is 0.000000396. The molecule has 0 saturated carbocycles. The smallest absolute Gasteiger partial charge is 0.475 e. The normalized spacial score (nSPS) is 14.5. The van der Waals surface area contributed by atoms with Crippen LogP contribution in [0.5, 0.6) is 0 Å². The van der Waals surface area contributed by atoms with Gasteiger partial charge in [0.2, 0.25) is 5.95 Å². The molecule has 2 aromatic carbocycles. The van der Waals surface area contributed by atoms with Crippen molar-refractivity contribution in [3.8, 4) is 6.07 Å². The summed E-state index contributed by atoms with van der Waals surface area (Å²) in [5, 5.41) is 34.2. The summed E-state index contributed by atoms with van der Waals surface area (Å²) < 4.78 is 63.5. The molecule has 54 heavy (non-hydrogen) atoms. The molecule has 0 unspecified atom stereocenters. The van der Waals surface area contributed by atoms with Crippen LogP contribution in [0.15, 0.2) is 73.2 Å². The molecule has 2 aromatic heterocycles. The minimum Gasteiger partial charge on any atom is -0.475 e. The Morgan fingerprint density at radius 2 is 1.50 bits per heavy atom. The molecule has 284 valence electrons. The maximum absolute atomic E-state index is 13.4. The number of carbonyl (C=O) groups is 3. The maximum Gasteiger partial charge on any atom is 0.490 e. The van der Waals surface area contributed by atoms with Crippen molar-refractivity contribution in [3.63, 3.8) is 0 Å². The number of aliphatic carboxylic acids is 2. The zero-order chi connectivity index (χ0) is 39.7. The number of nitrogens with one attached hydrogen (secondary N) is 3. The molecule has 6 rings (SSSR count). The predicted octanol–water partition coefficient (Wildman–Crippen LogP) is 7.47. The van der Waals surface area contributed by atoms with Crippen LogP contribution in [-0.4, -0.2) is 73.5 Å². The highest BCUT2D eigenvalue weighted by Gasteiger charge is 2.39. The van der Waals surface area contributed by atoms with Gasteiger partial charge in [-0.05, 0) is 66.6 Å². The number of carbonyl (C=O) groups excluding carboxylic acids is 1. The largest absolute Gasteiger partial charge is 0.490 e. The number of hydrogen-bond donors (Lipinski definition) is 5. The quantitative estimate of drug-likeness (QED) is 0.127. The van der Waals surface area contributed by atoms with Gasteiger partial charge in [0, 0.05) is 30.7 Å². The number of fused-ring (bicyclic) bond motifs is 6. The first-order valence-corrected chi connectivity index (χ1v) is 16.0. The molecule has 4 aromatic rings. The Labute approximate surface area is 307 Å². The van der Waals surface area contributed by atoms with Gasteiger partial charge in [-0.2, -0.15) is 36.6 Å². The Bertz CT molecular complexity index is 2000. The van der Waals surface area contributed by atoms with Crippen molar-refractivity contribution in [2.24, 2.45) is 0 Å². The van der Waals surface area contributed by atoms with E-state index in [-0.39, 0.29) is 6.03 Å². The lowest BCUT2D eigenvalue weighted by Crippen LogP contribution is -2.46. The molecule has 13 nitrogen and oxygen atoms in total. The number of likely N-dealkylation sites (tertiary alicyclic amines) is 1. The molecule has 0 spiro atoms. The van der Waals surface area contributed by atoms with Crippen LogP contribution >= 0.6 is 11.6 Å². The topological polar surface area (TPSA) is 193 Å². The van der Waals surface area contributed by atoms with Gasteiger partial charge in [0.15, 0.2) is 5.82 Å². The second-order valence-corrected chi connectivity index (χ2v) is 12.1. The van der Waals surface area contributed by atoms with Crippen LogP contribution in [0.25, 0.3) is 0 Å². The Morgan fingerprint density at radius 1 is 0.870 bits per heavy atom. The van der Waals surface area contributed by atoms with Gasteiger partial charge in [0.25, 0.3) is 0 Å². The monoisotopic (exact) mass is 778 g/mol. The second-order valence-electron chi connectivity index (χ2n) is 11.7. The molecule has 2 amide bonds. The summed E-state index contributed by atoms with van der Waals surface area (Å²) in [5.41, 5.74) is 4.76. The first-order chi connectivity index (χ1) is 25.4. The number of halogens is 7. The number of aryl methyl sites for hydroxylation is 2. The number of benzene rings is 2. The zero-order valence-corrected chi connectivity index (χ0v) is 28.4. The van der Waals surface area contributed by atoms with Gasteiger partial charge in [-0.15, -0.1) is 0 Å². The van der Waals surface area contributed by atoms with Crippen molar-refractivity contribution in [1.29, 1.82) is 5.26 Å². The number of nitrogens with zero attached hydrogens (tertiary/aromatic N) is 5. The number of alkyl halides is 6. The van der Waals surface area contributed by atoms with E-state index in [2.05, 4.69) is 37.0 Å². The highest BCUT2D eigenvalue weighted by molar-refractivity contribution is 6.32. The third-order valence-electron chi connectivity index (χ3n) is 8.02. The SMILES string of the molecule is N#CC1(c2ccccc2)CCN(C(=O)Nc2ccc3cc2CCc2cncc(c2)Nc2ncc(Cl)c(n2)N3)CC1.O=C(O)C(F)(F)F.O=C(O)C(F)(F)F. The lowest BCUT2D eigenvalue weighted by Gasteiger charge is -2.37. The minimum absolute atomic E-state index is 0.171. The fourth-order valence-electron chi connectivity index (χ4n) is 5.26. The standard InChI is InChI=1S/C30H27ClN8O.2C2HF3O2/c31-25-18-34-28-36-24-14-20(16-33-17-24)6-7-21-15-23(35-27(25)38-28)8-9-26(21)37-29(40)39-12-10-30(19-32,11-13-39)22-4-2-1-3-5-22;2*3-2(4,5)1(6)7/h1-5,8-9,14-18H,6-7,10-13H2,(H,37,40)(H2,34,35,36,38);2*(H,6,7). The summed E-state index contributed by atoms with van der Waals surface area (Å²) in [6.07, 6.45) is -2.48. The molecule has 20 heteroatoms. The second kappa shape index (κ2) is 17.1. The highest BCUT2D eigenvalue weighted by Crippen LogP contribution is 2.35. The molecule has 4 heterocycles. The number of nitriles is 1. The molecule has 2 aliphatic rings. The molecular formula is C34H29ClF6N8O5. The third-order valence-corrected chi connectivity index (χ3v) is 8.29. The number of carboxylic acid groups (broad SMARTS) is 2. The number of amides is 2. The average molecular weight is 779 g/mol.